The summed E-state index contributed by atoms with van der Waals surface area (Å²) in [6.45, 7) is 4.77. The van der Waals surface area contributed by atoms with Crippen LogP contribution in [0.5, 0.6) is 5.75 Å². The van der Waals surface area contributed by atoms with Gasteiger partial charge in [0, 0.05) is 13.1 Å². The molecule has 1 fully saturated rings. The zero-order chi connectivity index (χ0) is 21.0. The van der Waals surface area contributed by atoms with E-state index in [9.17, 15) is 14.4 Å². The summed E-state index contributed by atoms with van der Waals surface area (Å²) in [5, 5.41) is 4.30. The quantitative estimate of drug-likeness (QED) is 0.714. The molecule has 2 heterocycles. The maximum Gasteiger partial charge on any atom is 0.310 e. The Bertz CT molecular complexity index is 952. The lowest BCUT2D eigenvalue weighted by atomic mass is 9.98. The van der Waals surface area contributed by atoms with E-state index in [4.69, 9.17) is 9.47 Å². The standard InChI is InChI=1S/C21H25N3O5/c1-4-29-21(27)15-6-5-11-23(13-15)20(26)19-17(28-3)12-18(25)24(22-19)16-9-7-14(2)8-10-16/h7-10,12,15H,4-6,11,13H2,1-3H3/t15-/m0/s1. The van der Waals surface area contributed by atoms with Crippen LogP contribution in [-0.2, 0) is 9.53 Å². The molecule has 1 saturated heterocycles. The molecule has 0 aliphatic carbocycles. The molecule has 0 spiro atoms. The molecule has 1 aliphatic rings. The Balaban J connectivity index is 1.93. The van der Waals surface area contributed by atoms with E-state index in [0.29, 0.717) is 31.7 Å². The van der Waals surface area contributed by atoms with E-state index < -0.39 is 5.56 Å². The summed E-state index contributed by atoms with van der Waals surface area (Å²) < 4.78 is 11.5. The zero-order valence-electron chi connectivity index (χ0n) is 16.9. The van der Waals surface area contributed by atoms with Crippen molar-refractivity contribution in [3.05, 3.63) is 51.9 Å². The molecule has 1 aliphatic heterocycles. The fourth-order valence-electron chi connectivity index (χ4n) is 3.38. The van der Waals surface area contributed by atoms with Gasteiger partial charge >= 0.3 is 5.97 Å². The molecular weight excluding hydrogens is 374 g/mol. The molecule has 1 aromatic heterocycles. The molecule has 1 aromatic carbocycles. The summed E-state index contributed by atoms with van der Waals surface area (Å²) in [6.07, 6.45) is 1.37. The van der Waals surface area contributed by atoms with E-state index in [2.05, 4.69) is 5.10 Å². The Hall–Kier alpha value is -3.16. The number of hydrogen-bond donors (Lipinski definition) is 0. The highest BCUT2D eigenvalue weighted by Gasteiger charge is 2.32. The smallest absolute Gasteiger partial charge is 0.310 e. The first-order valence-electron chi connectivity index (χ1n) is 9.66. The molecule has 2 aromatic rings. The Morgan fingerprint density at radius 1 is 1.24 bits per heavy atom. The third kappa shape index (κ3) is 4.47. The maximum atomic E-state index is 13.2. The fraction of sp³-hybridized carbons (Fsp3) is 0.429. The van der Waals surface area contributed by atoms with Crippen molar-refractivity contribution in [3.8, 4) is 11.4 Å². The van der Waals surface area contributed by atoms with Gasteiger partial charge in [-0.15, -0.1) is 0 Å². The molecule has 1 amide bonds. The maximum absolute atomic E-state index is 13.2. The highest BCUT2D eigenvalue weighted by Crippen LogP contribution is 2.22. The summed E-state index contributed by atoms with van der Waals surface area (Å²) in [4.78, 5) is 39.3. The third-order valence-electron chi connectivity index (χ3n) is 4.93. The molecule has 3 rings (SSSR count). The summed E-state index contributed by atoms with van der Waals surface area (Å²) >= 11 is 0. The number of carbonyl (C=O) groups excluding carboxylic acids is 2. The third-order valence-corrected chi connectivity index (χ3v) is 4.93. The molecule has 8 heteroatoms. The lowest BCUT2D eigenvalue weighted by molar-refractivity contribution is -0.149. The van der Waals surface area contributed by atoms with Crippen molar-refractivity contribution in [1.82, 2.24) is 14.7 Å². The normalized spacial score (nSPS) is 16.4. The number of esters is 1. The first kappa shape index (κ1) is 20.6. The predicted octanol–water partition coefficient (Wildman–Crippen LogP) is 1.96. The number of methoxy groups -OCH3 is 1. The van der Waals surface area contributed by atoms with E-state index in [1.165, 1.54) is 17.9 Å². The van der Waals surface area contributed by atoms with Gasteiger partial charge in [0.1, 0.15) is 0 Å². The van der Waals surface area contributed by atoms with Gasteiger partial charge in [0.05, 0.1) is 31.4 Å². The molecule has 8 nitrogen and oxygen atoms in total. The van der Waals surface area contributed by atoms with Gasteiger partial charge in [0.15, 0.2) is 11.4 Å². The van der Waals surface area contributed by atoms with Crippen molar-refractivity contribution in [2.75, 3.05) is 26.8 Å². The number of ether oxygens (including phenoxy) is 2. The number of rotatable bonds is 5. The molecular formula is C21H25N3O5. The van der Waals surface area contributed by atoms with Gasteiger partial charge in [-0.1, -0.05) is 17.7 Å². The summed E-state index contributed by atoms with van der Waals surface area (Å²) in [6, 6.07) is 8.52. The highest BCUT2D eigenvalue weighted by molar-refractivity contribution is 5.95. The number of hydrogen-bond acceptors (Lipinski definition) is 6. The van der Waals surface area contributed by atoms with E-state index in [1.54, 1.807) is 24.0 Å². The zero-order valence-corrected chi connectivity index (χ0v) is 16.9. The molecule has 29 heavy (non-hydrogen) atoms. The Kier molecular flexibility index (Phi) is 6.31. The Labute approximate surface area is 169 Å². The van der Waals surface area contributed by atoms with E-state index in [0.717, 1.165) is 5.56 Å². The van der Waals surface area contributed by atoms with Crippen LogP contribution in [0, 0.1) is 12.8 Å². The molecule has 154 valence electrons. The average Bonchev–Trinajstić information content (AvgIpc) is 2.74. The number of amides is 1. The Morgan fingerprint density at radius 2 is 1.97 bits per heavy atom. The predicted molar refractivity (Wildman–Crippen MR) is 106 cm³/mol. The molecule has 0 radical (unpaired) electrons. The van der Waals surface area contributed by atoms with Crippen molar-refractivity contribution in [2.24, 2.45) is 5.92 Å². The number of carbonyl (C=O) groups is 2. The number of piperidine rings is 1. The van der Waals surface area contributed by atoms with Crippen LogP contribution in [0.25, 0.3) is 5.69 Å². The average molecular weight is 399 g/mol. The first-order chi connectivity index (χ1) is 13.9. The molecule has 0 saturated carbocycles. The summed E-state index contributed by atoms with van der Waals surface area (Å²) in [7, 11) is 1.39. The number of aryl methyl sites for hydroxylation is 1. The monoisotopic (exact) mass is 399 g/mol. The lowest BCUT2D eigenvalue weighted by Gasteiger charge is -2.31. The molecule has 1 atom stereocenters. The largest absolute Gasteiger partial charge is 0.494 e. The molecule has 0 bridgehead atoms. The minimum absolute atomic E-state index is 0.0391. The SMILES string of the molecule is CCOC(=O)[C@H]1CCCN(C(=O)c2nn(-c3ccc(C)cc3)c(=O)cc2OC)C1. The van der Waals surface area contributed by atoms with Gasteiger partial charge in [0.2, 0.25) is 0 Å². The second kappa shape index (κ2) is 8.89. The van der Waals surface area contributed by atoms with Gasteiger partial charge in [-0.3, -0.25) is 14.4 Å². The minimum Gasteiger partial charge on any atom is -0.494 e. The van der Waals surface area contributed by atoms with Gasteiger partial charge < -0.3 is 14.4 Å². The van der Waals surface area contributed by atoms with Crippen molar-refractivity contribution in [1.29, 1.82) is 0 Å². The second-order valence-electron chi connectivity index (χ2n) is 6.99. The van der Waals surface area contributed by atoms with Gasteiger partial charge in [-0.2, -0.15) is 9.78 Å². The highest BCUT2D eigenvalue weighted by atomic mass is 16.5. The van der Waals surface area contributed by atoms with Crippen molar-refractivity contribution >= 4 is 11.9 Å². The number of likely N-dealkylation sites (tertiary alicyclic amines) is 1. The van der Waals surface area contributed by atoms with Crippen LogP contribution in [0.4, 0.5) is 0 Å². The summed E-state index contributed by atoms with van der Waals surface area (Å²) in [5.41, 5.74) is 1.24. The number of nitrogens with zero attached hydrogens (tertiary/aromatic N) is 3. The topological polar surface area (TPSA) is 90.7 Å². The minimum atomic E-state index is -0.398. The van der Waals surface area contributed by atoms with E-state index in [-0.39, 0.29) is 35.8 Å². The van der Waals surface area contributed by atoms with Crippen LogP contribution in [0.1, 0.15) is 35.8 Å². The van der Waals surface area contributed by atoms with Crippen LogP contribution < -0.4 is 10.3 Å². The molecule has 0 unspecified atom stereocenters. The first-order valence-corrected chi connectivity index (χ1v) is 9.66. The fourth-order valence-corrected chi connectivity index (χ4v) is 3.38. The van der Waals surface area contributed by atoms with Crippen molar-refractivity contribution < 1.29 is 19.1 Å². The Morgan fingerprint density at radius 3 is 2.62 bits per heavy atom. The van der Waals surface area contributed by atoms with Crippen LogP contribution >= 0.6 is 0 Å². The van der Waals surface area contributed by atoms with Crippen molar-refractivity contribution in [2.45, 2.75) is 26.7 Å². The van der Waals surface area contributed by atoms with Gasteiger partial charge in [0.25, 0.3) is 11.5 Å². The second-order valence-corrected chi connectivity index (χ2v) is 6.99. The van der Waals surface area contributed by atoms with Crippen molar-refractivity contribution in [3.63, 3.8) is 0 Å². The van der Waals surface area contributed by atoms with Crippen LogP contribution in [0.2, 0.25) is 0 Å². The van der Waals surface area contributed by atoms with Gasteiger partial charge in [-0.05, 0) is 38.8 Å². The van der Waals surface area contributed by atoms with Crippen LogP contribution in [0.3, 0.4) is 0 Å². The molecule has 0 N–H and O–H groups in total. The van der Waals surface area contributed by atoms with E-state index in [1.807, 2.05) is 19.1 Å². The number of benzene rings is 1. The van der Waals surface area contributed by atoms with Crippen LogP contribution in [0.15, 0.2) is 35.1 Å². The summed E-state index contributed by atoms with van der Waals surface area (Å²) in [5.74, 6) is -0.922. The van der Waals surface area contributed by atoms with Gasteiger partial charge in [-0.25, -0.2) is 0 Å². The van der Waals surface area contributed by atoms with Crippen LogP contribution in [-0.4, -0.2) is 53.4 Å². The lowest BCUT2D eigenvalue weighted by Crippen LogP contribution is -2.43. The van der Waals surface area contributed by atoms with E-state index >= 15 is 0 Å². The number of aromatic nitrogens is 2.